The third-order valence-electron chi connectivity index (χ3n) is 3.07. The quantitative estimate of drug-likeness (QED) is 0.776. The molecule has 0 unspecified atom stereocenters. The number of carbonyl (C=O) groups excluding carboxylic acids is 1. The number of nitrogens with two attached hydrogens (primary N) is 1. The van der Waals surface area contributed by atoms with Crippen LogP contribution < -0.4 is 10.5 Å². The van der Waals surface area contributed by atoms with Crippen LogP contribution in [0.15, 0.2) is 53.1 Å². The Hall–Kier alpha value is -2.86. The summed E-state index contributed by atoms with van der Waals surface area (Å²) in [4.78, 5) is 15.2. The summed E-state index contributed by atoms with van der Waals surface area (Å²) in [6.07, 6.45) is 0. The van der Waals surface area contributed by atoms with Crippen LogP contribution in [0.2, 0.25) is 5.02 Å². The molecule has 0 saturated carbocycles. The number of nitrogens with zero attached hydrogens (tertiary/aromatic N) is 2. The van der Waals surface area contributed by atoms with Crippen LogP contribution in [0.25, 0.3) is 11.5 Å². The van der Waals surface area contributed by atoms with Crippen molar-refractivity contribution in [1.29, 1.82) is 0 Å². The lowest BCUT2D eigenvalue weighted by atomic mass is 10.2. The van der Waals surface area contributed by atoms with Gasteiger partial charge in [0.05, 0.1) is 0 Å². The molecule has 6 nitrogen and oxygen atoms in total. The second-order valence-corrected chi connectivity index (χ2v) is 5.14. The number of carbonyl (C=O) groups is 1. The number of halogens is 1. The number of rotatable bonds is 5. The van der Waals surface area contributed by atoms with Crippen LogP contribution in [0, 0.1) is 0 Å². The molecule has 1 amide bonds. The molecule has 0 bridgehead atoms. The molecule has 0 aliphatic carbocycles. The second-order valence-electron chi connectivity index (χ2n) is 4.70. The monoisotopic (exact) mass is 329 g/mol. The Morgan fingerprint density at radius 2 is 1.83 bits per heavy atom. The minimum absolute atomic E-state index is 0.146. The van der Waals surface area contributed by atoms with Gasteiger partial charge in [0, 0.05) is 16.1 Å². The molecule has 0 saturated heterocycles. The molecular weight excluding hydrogens is 318 g/mol. The number of ether oxygens (including phenoxy) is 1. The molecule has 116 valence electrons. The van der Waals surface area contributed by atoms with Gasteiger partial charge in [0.25, 0.3) is 5.89 Å². The molecule has 0 atom stereocenters. The van der Waals surface area contributed by atoms with Crippen LogP contribution in [-0.2, 0) is 6.61 Å². The van der Waals surface area contributed by atoms with Crippen molar-refractivity contribution in [2.45, 2.75) is 6.61 Å². The van der Waals surface area contributed by atoms with E-state index in [1.165, 1.54) is 0 Å². The Morgan fingerprint density at radius 1 is 1.13 bits per heavy atom. The second kappa shape index (κ2) is 6.50. The number of benzene rings is 2. The molecule has 1 aromatic heterocycles. The van der Waals surface area contributed by atoms with Crippen LogP contribution in [-0.4, -0.2) is 16.0 Å². The summed E-state index contributed by atoms with van der Waals surface area (Å²) in [7, 11) is 0. The fraction of sp³-hybridized carbons (Fsp3) is 0.0625. The zero-order chi connectivity index (χ0) is 16.2. The van der Waals surface area contributed by atoms with Crippen molar-refractivity contribution >= 4 is 17.5 Å². The first-order valence-electron chi connectivity index (χ1n) is 6.73. The van der Waals surface area contributed by atoms with E-state index in [4.69, 9.17) is 26.6 Å². The summed E-state index contributed by atoms with van der Waals surface area (Å²) in [6, 6.07) is 13.6. The summed E-state index contributed by atoms with van der Waals surface area (Å²) in [5.74, 6) is 0.897. The molecule has 0 aliphatic rings. The van der Waals surface area contributed by atoms with Crippen LogP contribution >= 0.6 is 11.6 Å². The smallest absolute Gasteiger partial charge is 0.258 e. The fourth-order valence-electron chi connectivity index (χ4n) is 1.89. The predicted molar refractivity (Wildman–Crippen MR) is 84.0 cm³/mol. The van der Waals surface area contributed by atoms with Crippen LogP contribution in [0.5, 0.6) is 5.75 Å². The summed E-state index contributed by atoms with van der Waals surface area (Å²) < 4.78 is 10.7. The van der Waals surface area contributed by atoms with Crippen LogP contribution in [0.1, 0.15) is 16.2 Å². The van der Waals surface area contributed by atoms with Gasteiger partial charge in [-0.25, -0.2) is 0 Å². The van der Waals surface area contributed by atoms with Gasteiger partial charge >= 0.3 is 0 Å². The number of amides is 1. The number of hydrogen-bond donors (Lipinski definition) is 1. The van der Waals surface area contributed by atoms with Gasteiger partial charge in [-0.15, -0.1) is 0 Å². The zero-order valence-electron chi connectivity index (χ0n) is 11.9. The van der Waals surface area contributed by atoms with Crippen molar-refractivity contribution in [3.8, 4) is 17.2 Å². The van der Waals surface area contributed by atoms with Crippen LogP contribution in [0.3, 0.4) is 0 Å². The summed E-state index contributed by atoms with van der Waals surface area (Å²) in [5, 5.41) is 4.49. The molecule has 2 aromatic carbocycles. The standard InChI is InChI=1S/C16H12ClN3O3/c17-12-5-1-11(2-6-12)16-19-14(20-23-16)9-22-13-7-3-10(4-8-13)15(18)21/h1-8H,9H2,(H2,18,21). The lowest BCUT2D eigenvalue weighted by Gasteiger charge is -2.03. The lowest BCUT2D eigenvalue weighted by molar-refractivity contribution is 0.1000. The Balaban J connectivity index is 1.65. The highest BCUT2D eigenvalue weighted by molar-refractivity contribution is 6.30. The molecule has 2 N–H and O–H groups in total. The van der Waals surface area contributed by atoms with Crippen molar-refractivity contribution in [2.75, 3.05) is 0 Å². The van der Waals surface area contributed by atoms with Gasteiger partial charge in [0.2, 0.25) is 11.7 Å². The molecule has 3 aromatic rings. The largest absolute Gasteiger partial charge is 0.485 e. The van der Waals surface area contributed by atoms with Gasteiger partial charge in [-0.05, 0) is 48.5 Å². The van der Waals surface area contributed by atoms with Gasteiger partial charge in [-0.3, -0.25) is 4.79 Å². The van der Waals surface area contributed by atoms with Crippen molar-refractivity contribution in [2.24, 2.45) is 5.73 Å². The maximum Gasteiger partial charge on any atom is 0.258 e. The highest BCUT2D eigenvalue weighted by Gasteiger charge is 2.09. The number of aromatic nitrogens is 2. The van der Waals surface area contributed by atoms with Gasteiger partial charge in [0.1, 0.15) is 5.75 Å². The molecule has 0 spiro atoms. The van der Waals surface area contributed by atoms with E-state index in [1.807, 2.05) is 0 Å². The van der Waals surface area contributed by atoms with Gasteiger partial charge in [-0.2, -0.15) is 4.98 Å². The van der Waals surface area contributed by atoms with E-state index in [0.29, 0.717) is 28.1 Å². The molecule has 3 rings (SSSR count). The van der Waals surface area contributed by atoms with Gasteiger partial charge in [-0.1, -0.05) is 16.8 Å². The highest BCUT2D eigenvalue weighted by Crippen LogP contribution is 2.20. The van der Waals surface area contributed by atoms with Crippen molar-refractivity contribution in [3.05, 3.63) is 64.9 Å². The molecule has 0 aliphatic heterocycles. The first-order valence-corrected chi connectivity index (χ1v) is 7.11. The van der Waals surface area contributed by atoms with E-state index in [-0.39, 0.29) is 6.61 Å². The maximum atomic E-state index is 11.0. The van der Waals surface area contributed by atoms with E-state index in [2.05, 4.69) is 10.1 Å². The number of hydrogen-bond acceptors (Lipinski definition) is 5. The van der Waals surface area contributed by atoms with Crippen molar-refractivity contribution in [3.63, 3.8) is 0 Å². The average molecular weight is 330 g/mol. The summed E-state index contributed by atoms with van der Waals surface area (Å²) in [6.45, 7) is 0.146. The molecule has 0 radical (unpaired) electrons. The van der Waals surface area contributed by atoms with Crippen molar-refractivity contribution in [1.82, 2.24) is 10.1 Å². The molecule has 23 heavy (non-hydrogen) atoms. The Morgan fingerprint density at radius 3 is 2.48 bits per heavy atom. The Bertz CT molecular complexity index is 813. The minimum Gasteiger partial charge on any atom is -0.485 e. The van der Waals surface area contributed by atoms with Gasteiger partial charge in [0.15, 0.2) is 6.61 Å². The minimum atomic E-state index is -0.484. The zero-order valence-corrected chi connectivity index (χ0v) is 12.7. The predicted octanol–water partition coefficient (Wildman–Crippen LogP) is 3.07. The van der Waals surface area contributed by atoms with E-state index in [9.17, 15) is 4.79 Å². The highest BCUT2D eigenvalue weighted by atomic mass is 35.5. The third kappa shape index (κ3) is 3.67. The van der Waals surface area contributed by atoms with Gasteiger partial charge < -0.3 is 15.0 Å². The first kappa shape index (κ1) is 15.1. The van der Waals surface area contributed by atoms with Crippen LogP contribution in [0.4, 0.5) is 0 Å². The summed E-state index contributed by atoms with van der Waals surface area (Å²) in [5.41, 5.74) is 6.37. The molecule has 0 fully saturated rings. The van der Waals surface area contributed by atoms with E-state index in [0.717, 1.165) is 5.56 Å². The number of primary amides is 1. The van der Waals surface area contributed by atoms with E-state index >= 15 is 0 Å². The average Bonchev–Trinajstić information content (AvgIpc) is 3.03. The Labute approximate surface area is 136 Å². The topological polar surface area (TPSA) is 91.2 Å². The molecule has 7 heteroatoms. The Kier molecular flexibility index (Phi) is 4.25. The maximum absolute atomic E-state index is 11.0. The molecule has 1 heterocycles. The normalized spacial score (nSPS) is 10.5. The van der Waals surface area contributed by atoms with E-state index in [1.54, 1.807) is 48.5 Å². The lowest BCUT2D eigenvalue weighted by Crippen LogP contribution is -2.10. The molecular formula is C16H12ClN3O3. The van der Waals surface area contributed by atoms with E-state index < -0.39 is 5.91 Å². The fourth-order valence-corrected chi connectivity index (χ4v) is 2.01. The third-order valence-corrected chi connectivity index (χ3v) is 3.32. The first-order chi connectivity index (χ1) is 11.1. The SMILES string of the molecule is NC(=O)c1ccc(OCc2noc(-c3ccc(Cl)cc3)n2)cc1. The van der Waals surface area contributed by atoms with Crippen molar-refractivity contribution < 1.29 is 14.1 Å². The summed E-state index contributed by atoms with van der Waals surface area (Å²) >= 11 is 5.84.